The molecule has 0 aliphatic carbocycles. The summed E-state index contributed by atoms with van der Waals surface area (Å²) in [6.07, 6.45) is -4.94. The second-order valence-corrected chi connectivity index (χ2v) is 7.13. The van der Waals surface area contributed by atoms with Crippen molar-refractivity contribution in [3.05, 3.63) is 53.6 Å². The molecule has 1 heterocycles. The highest BCUT2D eigenvalue weighted by atomic mass is 32.2. The van der Waals surface area contributed by atoms with Crippen LogP contribution in [0.3, 0.4) is 0 Å². The Balaban J connectivity index is 1.67. The molecule has 0 amide bonds. The topological polar surface area (TPSA) is 52.6 Å². The molecule has 0 saturated heterocycles. The lowest BCUT2D eigenvalue weighted by Crippen LogP contribution is -2.45. The van der Waals surface area contributed by atoms with E-state index in [1.165, 1.54) is 13.2 Å². The van der Waals surface area contributed by atoms with Gasteiger partial charge in [-0.15, -0.1) is 0 Å². The average Bonchev–Trinajstić information content (AvgIpc) is 2.66. The summed E-state index contributed by atoms with van der Waals surface area (Å²) in [5.74, 6) is -0.666. The molecule has 0 atom stereocenters. The fourth-order valence-corrected chi connectivity index (χ4v) is 3.31. The van der Waals surface area contributed by atoms with Crippen molar-refractivity contribution >= 4 is 23.3 Å². The standard InChI is InChI=1S/C19H14F4O4S/c1-26-13-5-2-11(3-6-13)14(24)7-8-15(25)12-4-9-17-16(10-12)27-18(20,21)19(22,23)28-17/h2-6,9-10H,7-8H2,1H3. The number of halogens is 4. The molecule has 1 aliphatic rings. The van der Waals surface area contributed by atoms with E-state index in [0.29, 0.717) is 11.3 Å². The Morgan fingerprint density at radius 2 is 1.54 bits per heavy atom. The summed E-state index contributed by atoms with van der Waals surface area (Å²) in [6.45, 7) is 0. The number of carbonyl (C=O) groups is 2. The maximum atomic E-state index is 13.4. The van der Waals surface area contributed by atoms with Crippen LogP contribution in [0.2, 0.25) is 0 Å². The number of methoxy groups -OCH3 is 1. The first-order valence-corrected chi connectivity index (χ1v) is 8.93. The van der Waals surface area contributed by atoms with Crippen LogP contribution in [-0.2, 0) is 0 Å². The second-order valence-electron chi connectivity index (χ2n) is 5.97. The molecule has 4 nitrogen and oxygen atoms in total. The summed E-state index contributed by atoms with van der Waals surface area (Å²) < 4.78 is 62.4. The van der Waals surface area contributed by atoms with E-state index >= 15 is 0 Å². The molecule has 0 bridgehead atoms. The van der Waals surface area contributed by atoms with Gasteiger partial charge in [0.05, 0.1) is 12.0 Å². The highest BCUT2D eigenvalue weighted by Crippen LogP contribution is 2.54. The molecule has 0 saturated carbocycles. The van der Waals surface area contributed by atoms with Crippen molar-refractivity contribution in [2.24, 2.45) is 0 Å². The Kier molecular flexibility index (Phi) is 5.38. The first-order valence-electron chi connectivity index (χ1n) is 8.11. The highest BCUT2D eigenvalue weighted by molar-refractivity contribution is 8.00. The molecular formula is C19H14F4O4S. The summed E-state index contributed by atoms with van der Waals surface area (Å²) in [5, 5.41) is -4.41. The molecule has 3 rings (SSSR count). The van der Waals surface area contributed by atoms with E-state index in [-0.39, 0.29) is 40.8 Å². The monoisotopic (exact) mass is 414 g/mol. The highest BCUT2D eigenvalue weighted by Gasteiger charge is 2.63. The van der Waals surface area contributed by atoms with E-state index in [9.17, 15) is 27.2 Å². The number of alkyl halides is 4. The van der Waals surface area contributed by atoms with E-state index in [1.807, 2.05) is 0 Å². The lowest BCUT2D eigenvalue weighted by molar-refractivity contribution is -0.273. The number of carbonyl (C=O) groups excluding carboxylic acids is 2. The molecule has 1 aliphatic heterocycles. The number of thioether (sulfide) groups is 1. The summed E-state index contributed by atoms with van der Waals surface area (Å²) in [7, 11) is 1.49. The van der Waals surface area contributed by atoms with Gasteiger partial charge in [-0.2, -0.15) is 17.6 Å². The molecule has 0 spiro atoms. The lowest BCUT2D eigenvalue weighted by Gasteiger charge is -2.31. The fourth-order valence-electron chi connectivity index (χ4n) is 2.53. The second kappa shape index (κ2) is 7.46. The van der Waals surface area contributed by atoms with Crippen LogP contribution in [0.15, 0.2) is 47.4 Å². The van der Waals surface area contributed by atoms with E-state index in [1.54, 1.807) is 24.3 Å². The molecule has 0 radical (unpaired) electrons. The van der Waals surface area contributed by atoms with Crippen molar-refractivity contribution in [3.63, 3.8) is 0 Å². The predicted octanol–water partition coefficient (Wildman–Crippen LogP) is 5.21. The van der Waals surface area contributed by atoms with Gasteiger partial charge >= 0.3 is 11.4 Å². The minimum Gasteiger partial charge on any atom is -0.497 e. The van der Waals surface area contributed by atoms with Gasteiger partial charge in [0.1, 0.15) is 11.5 Å². The van der Waals surface area contributed by atoms with Crippen LogP contribution >= 0.6 is 11.8 Å². The van der Waals surface area contributed by atoms with Gasteiger partial charge in [0.25, 0.3) is 0 Å². The van der Waals surface area contributed by atoms with Gasteiger partial charge in [0.15, 0.2) is 11.6 Å². The van der Waals surface area contributed by atoms with Gasteiger partial charge in [-0.1, -0.05) is 6.07 Å². The van der Waals surface area contributed by atoms with Crippen LogP contribution in [0.5, 0.6) is 11.5 Å². The zero-order valence-corrected chi connectivity index (χ0v) is 15.3. The number of benzene rings is 2. The van der Waals surface area contributed by atoms with Crippen molar-refractivity contribution in [2.45, 2.75) is 29.1 Å². The van der Waals surface area contributed by atoms with Gasteiger partial charge in [-0.05, 0) is 48.2 Å². The van der Waals surface area contributed by atoms with E-state index < -0.39 is 22.9 Å². The summed E-state index contributed by atoms with van der Waals surface area (Å²) in [6, 6.07) is 9.73. The number of fused-ring (bicyclic) bond motifs is 1. The number of ketones is 2. The lowest BCUT2D eigenvalue weighted by atomic mass is 10.0. The Hall–Kier alpha value is -2.55. The smallest absolute Gasteiger partial charge is 0.475 e. The quantitative estimate of drug-likeness (QED) is 0.480. The largest absolute Gasteiger partial charge is 0.497 e. The third kappa shape index (κ3) is 3.99. The van der Waals surface area contributed by atoms with Crippen molar-refractivity contribution in [1.29, 1.82) is 0 Å². The molecule has 0 N–H and O–H groups in total. The third-order valence-electron chi connectivity index (χ3n) is 4.07. The Labute approximate surface area is 161 Å². The number of Topliss-reactive ketones (excluding diaryl/α,β-unsaturated/α-hetero) is 2. The maximum Gasteiger partial charge on any atom is 0.475 e. The van der Waals surface area contributed by atoms with Gasteiger partial charge in [0, 0.05) is 24.0 Å². The summed E-state index contributed by atoms with van der Waals surface area (Å²) >= 11 is -0.324. The maximum absolute atomic E-state index is 13.4. The number of hydrogen-bond donors (Lipinski definition) is 0. The van der Waals surface area contributed by atoms with Crippen LogP contribution < -0.4 is 9.47 Å². The number of ether oxygens (including phenoxy) is 2. The van der Waals surface area contributed by atoms with Crippen LogP contribution in [0.4, 0.5) is 17.6 Å². The van der Waals surface area contributed by atoms with E-state index in [4.69, 9.17) is 4.74 Å². The van der Waals surface area contributed by atoms with Crippen molar-refractivity contribution in [2.75, 3.05) is 7.11 Å². The zero-order chi connectivity index (χ0) is 20.5. The van der Waals surface area contributed by atoms with Gasteiger partial charge in [-0.25, -0.2) is 0 Å². The van der Waals surface area contributed by atoms with Gasteiger partial charge in [0.2, 0.25) is 0 Å². The first kappa shape index (κ1) is 20.2. The SMILES string of the molecule is COc1ccc(C(=O)CCC(=O)c2ccc3c(c2)OC(F)(F)C(F)(F)S3)cc1. The Bertz CT molecular complexity index is 913. The molecule has 2 aromatic carbocycles. The predicted molar refractivity (Wildman–Crippen MR) is 93.7 cm³/mol. The normalized spacial score (nSPS) is 16.6. The molecule has 0 fully saturated rings. The third-order valence-corrected chi connectivity index (χ3v) is 5.12. The summed E-state index contributed by atoms with van der Waals surface area (Å²) in [4.78, 5) is 24.3. The Morgan fingerprint density at radius 1 is 0.964 bits per heavy atom. The van der Waals surface area contributed by atoms with Crippen molar-refractivity contribution in [1.82, 2.24) is 0 Å². The van der Waals surface area contributed by atoms with Crippen molar-refractivity contribution < 1.29 is 36.6 Å². The zero-order valence-electron chi connectivity index (χ0n) is 14.5. The molecule has 9 heteroatoms. The molecule has 148 valence electrons. The molecule has 0 unspecified atom stereocenters. The fraction of sp³-hybridized carbons (Fsp3) is 0.263. The minimum atomic E-state index is -4.68. The Morgan fingerprint density at radius 3 is 2.14 bits per heavy atom. The summed E-state index contributed by atoms with van der Waals surface area (Å²) in [5.41, 5.74) is 0.406. The van der Waals surface area contributed by atoms with Crippen LogP contribution in [0.25, 0.3) is 0 Å². The molecule has 0 aromatic heterocycles. The molecule has 28 heavy (non-hydrogen) atoms. The minimum absolute atomic E-state index is 0.00268. The van der Waals surface area contributed by atoms with Gasteiger partial charge < -0.3 is 9.47 Å². The number of rotatable bonds is 6. The molecular weight excluding hydrogens is 400 g/mol. The van der Waals surface area contributed by atoms with Crippen LogP contribution in [0.1, 0.15) is 33.6 Å². The first-order chi connectivity index (χ1) is 13.1. The van der Waals surface area contributed by atoms with Crippen LogP contribution in [0, 0.1) is 0 Å². The van der Waals surface area contributed by atoms with Gasteiger partial charge in [-0.3, -0.25) is 9.59 Å². The van der Waals surface area contributed by atoms with E-state index in [2.05, 4.69) is 4.74 Å². The average molecular weight is 414 g/mol. The van der Waals surface area contributed by atoms with Crippen LogP contribution in [-0.4, -0.2) is 30.0 Å². The number of hydrogen-bond acceptors (Lipinski definition) is 5. The van der Waals surface area contributed by atoms with Crippen molar-refractivity contribution in [3.8, 4) is 11.5 Å². The molecule has 2 aromatic rings. The van der Waals surface area contributed by atoms with E-state index in [0.717, 1.165) is 12.1 Å².